The van der Waals surface area contributed by atoms with E-state index in [1.54, 1.807) is 0 Å². The molecule has 0 aliphatic carbocycles. The van der Waals surface area contributed by atoms with E-state index in [0.717, 1.165) is 13.0 Å². The number of hydrogen-bond acceptors (Lipinski definition) is 2. The van der Waals surface area contributed by atoms with Gasteiger partial charge >= 0.3 is 0 Å². The average molecular weight is 187 g/mol. The molecule has 1 atom stereocenters. The van der Waals surface area contributed by atoms with Crippen LogP contribution in [-0.4, -0.2) is 30.3 Å². The number of nitrogens with one attached hydrogen (secondary N) is 1. The maximum atomic E-state index is 10.9. The van der Waals surface area contributed by atoms with E-state index in [4.69, 9.17) is 4.43 Å². The van der Waals surface area contributed by atoms with E-state index >= 15 is 0 Å². The Morgan fingerprint density at radius 3 is 3.18 bits per heavy atom. The Labute approximate surface area is 70.2 Å². The van der Waals surface area contributed by atoms with Gasteiger partial charge in [0.1, 0.15) is 0 Å². The molecule has 1 rings (SSSR count). The van der Waals surface area contributed by atoms with E-state index in [1.165, 1.54) is 12.1 Å². The lowest BCUT2D eigenvalue weighted by Gasteiger charge is -2.20. The third kappa shape index (κ3) is 3.00. The number of carbonyl (C=O) groups is 1. The molecular formula is C6H13NO2Si2. The molecule has 1 unspecified atom stereocenters. The van der Waals surface area contributed by atoms with Gasteiger partial charge in [-0.15, -0.1) is 0 Å². The van der Waals surface area contributed by atoms with Crippen molar-refractivity contribution in [1.82, 2.24) is 4.98 Å². The molecule has 0 saturated carbocycles. The zero-order valence-electron chi connectivity index (χ0n) is 6.51. The first-order chi connectivity index (χ1) is 5.33. The van der Waals surface area contributed by atoms with Gasteiger partial charge in [0, 0.05) is 6.61 Å². The van der Waals surface area contributed by atoms with E-state index in [1.807, 2.05) is 0 Å². The Hall–Kier alpha value is -0.396. The predicted molar refractivity (Wildman–Crippen MR) is 49.4 cm³/mol. The summed E-state index contributed by atoms with van der Waals surface area (Å²) in [5.41, 5.74) is 0. The molecule has 0 aromatic carbocycles. The third-order valence-electron chi connectivity index (χ3n) is 1.69. The van der Waals surface area contributed by atoms with Crippen LogP contribution in [0.4, 0.5) is 0 Å². The largest absolute Gasteiger partial charge is 0.425 e. The summed E-state index contributed by atoms with van der Waals surface area (Å²) < 4.78 is 5.38. The van der Waals surface area contributed by atoms with Gasteiger partial charge in [0.2, 0.25) is 5.91 Å². The van der Waals surface area contributed by atoms with E-state index in [0.29, 0.717) is 0 Å². The van der Waals surface area contributed by atoms with E-state index in [2.05, 4.69) is 11.6 Å². The van der Waals surface area contributed by atoms with Crippen LogP contribution in [0, 0.1) is 0 Å². The van der Waals surface area contributed by atoms with Crippen molar-refractivity contribution in [3.05, 3.63) is 12.7 Å². The molecule has 0 bridgehead atoms. The van der Waals surface area contributed by atoms with E-state index in [9.17, 15) is 4.79 Å². The standard InChI is InChI=1S/C6H13NO2Si2/c1-2-6(8)7-11-5-3-4-9-10-11/h2,11H,1,3-5,10H2,(H,7,8). The molecule has 3 nitrogen and oxygen atoms in total. The summed E-state index contributed by atoms with van der Waals surface area (Å²) in [6.07, 6.45) is 2.47. The number of hydrogen-bond donors (Lipinski definition) is 1. The zero-order chi connectivity index (χ0) is 8.10. The minimum atomic E-state index is -0.956. The highest BCUT2D eigenvalue weighted by Crippen LogP contribution is 2.01. The molecule has 1 N–H and O–H groups in total. The molecule has 0 aromatic heterocycles. The van der Waals surface area contributed by atoms with Gasteiger partial charge in [-0.2, -0.15) is 0 Å². The second kappa shape index (κ2) is 4.48. The summed E-state index contributed by atoms with van der Waals surface area (Å²) in [7, 11) is -1.33. The highest BCUT2D eigenvalue weighted by molar-refractivity contribution is 7.09. The van der Waals surface area contributed by atoms with Crippen molar-refractivity contribution in [2.75, 3.05) is 6.61 Å². The minimum absolute atomic E-state index is 0.0142. The van der Waals surface area contributed by atoms with Crippen molar-refractivity contribution in [3.63, 3.8) is 0 Å². The Bertz CT molecular complexity index is 157. The lowest BCUT2D eigenvalue weighted by atomic mass is 10.5. The van der Waals surface area contributed by atoms with Crippen LogP contribution in [0.1, 0.15) is 6.42 Å². The fourth-order valence-electron chi connectivity index (χ4n) is 1.11. The van der Waals surface area contributed by atoms with Gasteiger partial charge in [-0.05, 0) is 18.5 Å². The van der Waals surface area contributed by atoms with E-state index < -0.39 is 8.48 Å². The third-order valence-corrected chi connectivity index (χ3v) is 8.17. The molecule has 0 aromatic rings. The number of carbonyl (C=O) groups excluding carboxylic acids is 1. The molecule has 5 heteroatoms. The van der Waals surface area contributed by atoms with Crippen LogP contribution in [0.5, 0.6) is 0 Å². The van der Waals surface area contributed by atoms with Gasteiger partial charge in [0.05, 0.1) is 0 Å². The van der Waals surface area contributed by atoms with Crippen molar-refractivity contribution in [2.24, 2.45) is 0 Å². The van der Waals surface area contributed by atoms with Crippen molar-refractivity contribution in [2.45, 2.75) is 12.5 Å². The van der Waals surface area contributed by atoms with E-state index in [-0.39, 0.29) is 15.2 Å². The number of amides is 1. The first-order valence-electron chi connectivity index (χ1n) is 3.83. The van der Waals surface area contributed by atoms with Gasteiger partial charge in [-0.3, -0.25) is 4.79 Å². The van der Waals surface area contributed by atoms with Crippen molar-refractivity contribution < 1.29 is 9.22 Å². The second-order valence-electron chi connectivity index (χ2n) is 2.63. The molecule has 1 aliphatic heterocycles. The smallest absolute Gasteiger partial charge is 0.235 e. The fourth-order valence-corrected chi connectivity index (χ4v) is 6.92. The van der Waals surface area contributed by atoms with Crippen LogP contribution in [0.15, 0.2) is 12.7 Å². The molecule has 1 saturated heterocycles. The maximum absolute atomic E-state index is 10.9. The van der Waals surface area contributed by atoms with Crippen LogP contribution in [-0.2, 0) is 9.22 Å². The van der Waals surface area contributed by atoms with Gasteiger partial charge in [0.15, 0.2) is 17.8 Å². The molecule has 1 amide bonds. The summed E-state index contributed by atoms with van der Waals surface area (Å²) >= 11 is 0. The maximum Gasteiger partial charge on any atom is 0.235 e. The molecule has 1 aliphatic rings. The normalized spacial score (nSPS) is 26.4. The number of rotatable bonds is 2. The van der Waals surface area contributed by atoms with Crippen LogP contribution >= 0.6 is 0 Å². The SMILES string of the molecule is C=CC(=O)N[SiH]1CCCO[SiH2]1. The van der Waals surface area contributed by atoms with Crippen molar-refractivity contribution >= 4 is 23.7 Å². The zero-order valence-corrected chi connectivity index (χ0v) is 9.08. The van der Waals surface area contributed by atoms with Gasteiger partial charge in [-0.1, -0.05) is 6.58 Å². The summed E-state index contributed by atoms with van der Waals surface area (Å²) in [6.45, 7) is 4.33. The topological polar surface area (TPSA) is 38.3 Å². The Morgan fingerprint density at radius 1 is 1.82 bits per heavy atom. The first kappa shape index (κ1) is 8.70. The first-order valence-corrected chi connectivity index (χ1v) is 9.07. The minimum Gasteiger partial charge on any atom is -0.425 e. The fraction of sp³-hybridized carbons (Fsp3) is 0.500. The quantitative estimate of drug-likeness (QED) is 0.445. The molecule has 11 heavy (non-hydrogen) atoms. The molecular weight excluding hydrogens is 174 g/mol. The molecule has 1 fully saturated rings. The van der Waals surface area contributed by atoms with Crippen molar-refractivity contribution in [1.29, 1.82) is 0 Å². The monoisotopic (exact) mass is 187 g/mol. The van der Waals surface area contributed by atoms with Gasteiger partial charge in [0.25, 0.3) is 0 Å². The summed E-state index contributed by atoms with van der Waals surface area (Å²) in [4.78, 5) is 13.8. The lowest BCUT2D eigenvalue weighted by molar-refractivity contribution is -0.115. The molecule has 0 radical (unpaired) electrons. The average Bonchev–Trinajstić information content (AvgIpc) is 2.06. The molecule has 1 heterocycles. The summed E-state index contributed by atoms with van der Waals surface area (Å²) in [5.74, 6) is -0.0142. The highest BCUT2D eigenvalue weighted by Gasteiger charge is 2.17. The van der Waals surface area contributed by atoms with Crippen LogP contribution in [0.3, 0.4) is 0 Å². The van der Waals surface area contributed by atoms with Crippen LogP contribution < -0.4 is 4.98 Å². The second-order valence-corrected chi connectivity index (χ2v) is 9.59. The summed E-state index contributed by atoms with van der Waals surface area (Å²) in [5, 5.41) is 0. The highest BCUT2D eigenvalue weighted by atomic mass is 29.2. The molecule has 0 spiro atoms. The van der Waals surface area contributed by atoms with Crippen LogP contribution in [0.2, 0.25) is 6.04 Å². The van der Waals surface area contributed by atoms with Gasteiger partial charge in [-0.25, -0.2) is 0 Å². The van der Waals surface area contributed by atoms with Gasteiger partial charge < -0.3 is 9.41 Å². The predicted octanol–water partition coefficient (Wildman–Crippen LogP) is -0.987. The Morgan fingerprint density at radius 2 is 2.64 bits per heavy atom. The van der Waals surface area contributed by atoms with Crippen LogP contribution in [0.25, 0.3) is 0 Å². The Kier molecular flexibility index (Phi) is 3.54. The van der Waals surface area contributed by atoms with Crippen molar-refractivity contribution in [3.8, 4) is 0 Å². The lowest BCUT2D eigenvalue weighted by Crippen LogP contribution is -2.46. The Balaban J connectivity index is 2.24. The molecule has 62 valence electrons. The summed E-state index contributed by atoms with van der Waals surface area (Å²) in [6, 6.07) is 1.21.